The van der Waals surface area contributed by atoms with Crippen LogP contribution in [0.4, 0.5) is 0 Å². The van der Waals surface area contributed by atoms with Crippen LogP contribution in [-0.2, 0) is 6.54 Å². The van der Waals surface area contributed by atoms with Gasteiger partial charge in [0.05, 0.1) is 4.34 Å². The van der Waals surface area contributed by atoms with Crippen LogP contribution in [0.5, 0.6) is 0 Å². The Bertz CT molecular complexity index is 275. The summed E-state index contributed by atoms with van der Waals surface area (Å²) in [6.45, 7) is 6.42. The fourth-order valence-electron chi connectivity index (χ4n) is 1.35. The van der Waals surface area contributed by atoms with Crippen LogP contribution in [-0.4, -0.2) is 31.6 Å². The van der Waals surface area contributed by atoms with Crippen molar-refractivity contribution in [2.75, 3.05) is 26.7 Å². The molecule has 86 valence electrons. The lowest BCUT2D eigenvalue weighted by Gasteiger charge is -2.15. The lowest BCUT2D eigenvalue weighted by Crippen LogP contribution is -2.29. The topological polar surface area (TPSA) is 15.3 Å². The molecule has 0 amide bonds. The monoisotopic (exact) mass is 246 g/mol. The van der Waals surface area contributed by atoms with Crippen LogP contribution in [0.25, 0.3) is 0 Å². The van der Waals surface area contributed by atoms with Crippen molar-refractivity contribution in [1.29, 1.82) is 0 Å². The highest BCUT2D eigenvalue weighted by molar-refractivity contribution is 7.16. The Labute approximate surface area is 101 Å². The Kier molecular flexibility index (Phi) is 6.25. The van der Waals surface area contributed by atoms with Crippen molar-refractivity contribution < 1.29 is 0 Å². The Balaban J connectivity index is 2.15. The summed E-state index contributed by atoms with van der Waals surface area (Å²) < 4.78 is 0.877. The second-order valence-electron chi connectivity index (χ2n) is 3.69. The zero-order valence-corrected chi connectivity index (χ0v) is 11.0. The van der Waals surface area contributed by atoms with Crippen LogP contribution >= 0.6 is 22.9 Å². The first-order valence-electron chi connectivity index (χ1n) is 5.36. The molecule has 1 aromatic heterocycles. The number of nitrogens with one attached hydrogen (secondary N) is 1. The molecule has 2 nitrogen and oxygen atoms in total. The summed E-state index contributed by atoms with van der Waals surface area (Å²) in [5.74, 6) is 0. The molecule has 0 aromatic carbocycles. The van der Waals surface area contributed by atoms with Crippen LogP contribution in [0.15, 0.2) is 12.1 Å². The highest BCUT2D eigenvalue weighted by Gasteiger charge is 2.02. The van der Waals surface area contributed by atoms with Gasteiger partial charge in [-0.15, -0.1) is 11.3 Å². The average molecular weight is 247 g/mol. The summed E-state index contributed by atoms with van der Waals surface area (Å²) in [5, 5.41) is 3.39. The van der Waals surface area contributed by atoms with E-state index in [2.05, 4.69) is 30.3 Å². The molecule has 0 bridgehead atoms. The summed E-state index contributed by atoms with van der Waals surface area (Å²) in [6.07, 6.45) is 1.20. The Morgan fingerprint density at radius 3 is 2.80 bits per heavy atom. The first kappa shape index (κ1) is 13.0. The molecule has 0 aliphatic rings. The maximum absolute atomic E-state index is 5.88. The van der Waals surface area contributed by atoms with Crippen molar-refractivity contribution in [2.24, 2.45) is 0 Å². The van der Waals surface area contributed by atoms with Crippen LogP contribution in [0.3, 0.4) is 0 Å². The van der Waals surface area contributed by atoms with E-state index in [-0.39, 0.29) is 0 Å². The Morgan fingerprint density at radius 1 is 1.40 bits per heavy atom. The summed E-state index contributed by atoms with van der Waals surface area (Å²) in [5.41, 5.74) is 0. The third-order valence-corrected chi connectivity index (χ3v) is 3.37. The van der Waals surface area contributed by atoms with E-state index >= 15 is 0 Å². The summed E-state index contributed by atoms with van der Waals surface area (Å²) in [4.78, 5) is 3.64. The number of hydrogen-bond acceptors (Lipinski definition) is 3. The molecule has 0 unspecified atom stereocenters. The van der Waals surface area contributed by atoms with Gasteiger partial charge in [0.2, 0.25) is 0 Å². The van der Waals surface area contributed by atoms with Gasteiger partial charge < -0.3 is 10.2 Å². The number of hydrogen-bond donors (Lipinski definition) is 1. The van der Waals surface area contributed by atoms with Crippen molar-refractivity contribution in [3.63, 3.8) is 0 Å². The van der Waals surface area contributed by atoms with Crippen molar-refractivity contribution in [3.8, 4) is 0 Å². The van der Waals surface area contributed by atoms with Crippen LogP contribution < -0.4 is 5.32 Å². The van der Waals surface area contributed by atoms with Gasteiger partial charge in [-0.1, -0.05) is 18.5 Å². The van der Waals surface area contributed by atoms with Gasteiger partial charge in [-0.2, -0.15) is 0 Å². The zero-order chi connectivity index (χ0) is 11.1. The van der Waals surface area contributed by atoms with Gasteiger partial charge in [-0.25, -0.2) is 0 Å². The second-order valence-corrected chi connectivity index (χ2v) is 5.49. The molecule has 0 fully saturated rings. The number of likely N-dealkylation sites (N-methyl/N-ethyl adjacent to an activating group) is 1. The van der Waals surface area contributed by atoms with E-state index in [0.29, 0.717) is 0 Å². The predicted octanol–water partition coefficient (Wildman–Crippen LogP) is 2.83. The van der Waals surface area contributed by atoms with E-state index in [4.69, 9.17) is 11.6 Å². The smallest absolute Gasteiger partial charge is 0.0931 e. The van der Waals surface area contributed by atoms with Crippen LogP contribution in [0, 0.1) is 0 Å². The molecule has 0 atom stereocenters. The maximum Gasteiger partial charge on any atom is 0.0931 e. The lowest BCUT2D eigenvalue weighted by atomic mass is 10.4. The van der Waals surface area contributed by atoms with Crippen LogP contribution in [0.1, 0.15) is 18.2 Å². The van der Waals surface area contributed by atoms with E-state index in [1.165, 1.54) is 11.3 Å². The fraction of sp³-hybridized carbons (Fsp3) is 0.636. The minimum Gasteiger partial charge on any atom is -0.315 e. The molecule has 0 spiro atoms. The normalized spacial score (nSPS) is 11.2. The average Bonchev–Trinajstić information content (AvgIpc) is 2.59. The SMILES string of the molecule is CCCNCCN(C)Cc1ccc(Cl)s1. The van der Waals surface area contributed by atoms with Crippen molar-refractivity contribution in [2.45, 2.75) is 19.9 Å². The van der Waals surface area contributed by atoms with E-state index < -0.39 is 0 Å². The van der Waals surface area contributed by atoms with Gasteiger partial charge >= 0.3 is 0 Å². The minimum atomic E-state index is 0.877. The molecular weight excluding hydrogens is 228 g/mol. The van der Waals surface area contributed by atoms with Gasteiger partial charge in [0.1, 0.15) is 0 Å². The fourth-order valence-corrected chi connectivity index (χ4v) is 2.52. The molecule has 0 saturated carbocycles. The molecule has 0 aliphatic heterocycles. The van der Waals surface area contributed by atoms with E-state index in [9.17, 15) is 0 Å². The molecule has 1 aromatic rings. The first-order valence-corrected chi connectivity index (χ1v) is 6.55. The second kappa shape index (κ2) is 7.23. The van der Waals surface area contributed by atoms with Gasteiger partial charge in [0, 0.05) is 24.5 Å². The van der Waals surface area contributed by atoms with Crippen molar-refractivity contribution in [1.82, 2.24) is 10.2 Å². The van der Waals surface area contributed by atoms with E-state index in [1.54, 1.807) is 11.3 Å². The summed E-state index contributed by atoms with van der Waals surface area (Å²) in [6, 6.07) is 4.06. The highest BCUT2D eigenvalue weighted by atomic mass is 35.5. The predicted molar refractivity (Wildman–Crippen MR) is 68.8 cm³/mol. The van der Waals surface area contributed by atoms with E-state index in [0.717, 1.165) is 30.5 Å². The largest absolute Gasteiger partial charge is 0.315 e. The lowest BCUT2D eigenvalue weighted by molar-refractivity contribution is 0.327. The molecule has 1 rings (SSSR count). The molecule has 15 heavy (non-hydrogen) atoms. The third kappa shape index (κ3) is 5.52. The molecule has 0 radical (unpaired) electrons. The third-order valence-electron chi connectivity index (χ3n) is 2.15. The number of rotatable bonds is 7. The quantitative estimate of drug-likeness (QED) is 0.745. The van der Waals surface area contributed by atoms with Gasteiger partial charge in [0.15, 0.2) is 0 Å². The Hall–Kier alpha value is -0.0900. The Morgan fingerprint density at radius 2 is 2.20 bits per heavy atom. The van der Waals surface area contributed by atoms with Gasteiger partial charge in [0.25, 0.3) is 0 Å². The highest BCUT2D eigenvalue weighted by Crippen LogP contribution is 2.22. The minimum absolute atomic E-state index is 0.877. The molecule has 0 aliphatic carbocycles. The first-order chi connectivity index (χ1) is 7.22. The van der Waals surface area contributed by atoms with Gasteiger partial charge in [-0.3, -0.25) is 0 Å². The molecule has 0 saturated heterocycles. The number of halogens is 1. The summed E-state index contributed by atoms with van der Waals surface area (Å²) in [7, 11) is 2.14. The zero-order valence-electron chi connectivity index (χ0n) is 9.42. The maximum atomic E-state index is 5.88. The molecular formula is C11H19ClN2S. The summed E-state index contributed by atoms with van der Waals surface area (Å²) >= 11 is 7.54. The number of nitrogens with zero attached hydrogens (tertiary/aromatic N) is 1. The van der Waals surface area contributed by atoms with Crippen molar-refractivity contribution in [3.05, 3.63) is 21.3 Å². The number of thiophene rings is 1. The van der Waals surface area contributed by atoms with Crippen LogP contribution in [0.2, 0.25) is 4.34 Å². The van der Waals surface area contributed by atoms with Crippen molar-refractivity contribution >= 4 is 22.9 Å². The van der Waals surface area contributed by atoms with E-state index in [1.807, 2.05) is 6.07 Å². The van der Waals surface area contributed by atoms with Gasteiger partial charge in [-0.05, 0) is 32.1 Å². The molecule has 1 heterocycles. The standard InChI is InChI=1S/C11H19ClN2S/c1-3-6-13-7-8-14(2)9-10-4-5-11(12)15-10/h4-5,13H,3,6-9H2,1-2H3. The molecule has 1 N–H and O–H groups in total. The molecule has 4 heteroatoms.